The van der Waals surface area contributed by atoms with E-state index in [0.717, 1.165) is 35.8 Å². The van der Waals surface area contributed by atoms with E-state index < -0.39 is 0 Å². The first-order valence-electron chi connectivity index (χ1n) is 10.7. The molecule has 4 unspecified atom stereocenters. The van der Waals surface area contributed by atoms with Gasteiger partial charge in [0.15, 0.2) is 23.0 Å². The monoisotopic (exact) mass is 394 g/mol. The summed E-state index contributed by atoms with van der Waals surface area (Å²) in [5.74, 6) is 5.31. The predicted octanol–water partition coefficient (Wildman–Crippen LogP) is 5.69. The molecule has 4 heteroatoms. The molecule has 2 aromatic carbocycles. The predicted molar refractivity (Wildman–Crippen MR) is 114 cm³/mol. The Labute approximate surface area is 173 Å². The van der Waals surface area contributed by atoms with E-state index in [4.69, 9.17) is 18.9 Å². The van der Waals surface area contributed by atoms with Crippen molar-refractivity contribution in [3.05, 3.63) is 34.4 Å². The summed E-state index contributed by atoms with van der Waals surface area (Å²) in [7, 11) is 3.49. The van der Waals surface area contributed by atoms with Crippen molar-refractivity contribution in [2.75, 3.05) is 21.0 Å². The zero-order valence-electron chi connectivity index (χ0n) is 18.2. The van der Waals surface area contributed by atoms with Gasteiger partial charge in [0.2, 0.25) is 6.79 Å². The summed E-state index contributed by atoms with van der Waals surface area (Å²) < 4.78 is 23.5. The number of hydrogen-bond donors (Lipinski definition) is 0. The van der Waals surface area contributed by atoms with Gasteiger partial charge in [-0.25, -0.2) is 0 Å². The molecule has 2 aliphatic carbocycles. The first-order valence-corrected chi connectivity index (χ1v) is 10.7. The largest absolute Gasteiger partial charge is 0.493 e. The average molecular weight is 395 g/mol. The van der Waals surface area contributed by atoms with Gasteiger partial charge in [-0.05, 0) is 70.9 Å². The van der Waals surface area contributed by atoms with E-state index in [2.05, 4.69) is 39.8 Å². The van der Waals surface area contributed by atoms with E-state index in [-0.39, 0.29) is 5.92 Å². The first-order chi connectivity index (χ1) is 14.0. The Kier molecular flexibility index (Phi) is 4.23. The second-order valence-corrected chi connectivity index (χ2v) is 9.06. The van der Waals surface area contributed by atoms with Crippen molar-refractivity contribution < 1.29 is 18.9 Å². The summed E-state index contributed by atoms with van der Waals surface area (Å²) in [6.45, 7) is 9.63. The van der Waals surface area contributed by atoms with Crippen molar-refractivity contribution in [1.82, 2.24) is 0 Å². The summed E-state index contributed by atoms with van der Waals surface area (Å²) in [5, 5.41) is 0. The summed E-state index contributed by atoms with van der Waals surface area (Å²) in [6, 6.07) is 4.43. The van der Waals surface area contributed by atoms with Gasteiger partial charge in [-0.1, -0.05) is 27.7 Å². The molecule has 154 valence electrons. The van der Waals surface area contributed by atoms with Crippen molar-refractivity contribution in [1.29, 1.82) is 0 Å². The standard InChI is InChI=1S/C25H30O4/c1-12-7-16-9-18(26-5)24(27-6)20-14(3)15(4)21-23(22(16)20)17(8-13(12)2)10-19-25(21)29-11-28-19/h9-10,12-15H,7-8,11H2,1-6H3. The highest BCUT2D eigenvalue weighted by Gasteiger charge is 2.41. The summed E-state index contributed by atoms with van der Waals surface area (Å²) in [5.41, 5.74) is 8.02. The normalized spacial score (nSPS) is 26.4. The molecule has 29 heavy (non-hydrogen) atoms. The van der Waals surface area contributed by atoms with E-state index in [9.17, 15) is 0 Å². The molecule has 0 fully saturated rings. The minimum atomic E-state index is 0.289. The number of hydrogen-bond acceptors (Lipinski definition) is 4. The van der Waals surface area contributed by atoms with Crippen LogP contribution in [0.4, 0.5) is 0 Å². The zero-order valence-corrected chi connectivity index (χ0v) is 18.2. The number of rotatable bonds is 2. The maximum Gasteiger partial charge on any atom is 0.231 e. The van der Waals surface area contributed by atoms with Crippen molar-refractivity contribution in [2.45, 2.75) is 52.4 Å². The molecular formula is C25H30O4. The SMILES string of the molecule is COc1cc2c3c(c1OC)C(C)C(C)c1c4c(cc(c1-3)CC(C)C(C)C2)OCO4. The quantitative estimate of drug-likeness (QED) is 0.656. The summed E-state index contributed by atoms with van der Waals surface area (Å²) >= 11 is 0. The first kappa shape index (κ1) is 18.7. The van der Waals surface area contributed by atoms with Crippen LogP contribution in [-0.4, -0.2) is 21.0 Å². The minimum absolute atomic E-state index is 0.289. The molecule has 4 atom stereocenters. The molecule has 5 rings (SSSR count). The Hall–Kier alpha value is -2.36. The van der Waals surface area contributed by atoms with Crippen LogP contribution in [0.5, 0.6) is 23.0 Å². The highest BCUT2D eigenvalue weighted by atomic mass is 16.7. The van der Waals surface area contributed by atoms with Crippen LogP contribution in [0.1, 0.15) is 61.8 Å². The molecule has 4 nitrogen and oxygen atoms in total. The van der Waals surface area contributed by atoms with E-state index in [0.29, 0.717) is 24.5 Å². The maximum atomic E-state index is 5.99. The molecule has 1 heterocycles. The number of methoxy groups -OCH3 is 2. The molecule has 0 spiro atoms. The van der Waals surface area contributed by atoms with Crippen molar-refractivity contribution >= 4 is 0 Å². The highest BCUT2D eigenvalue weighted by molar-refractivity contribution is 5.87. The van der Waals surface area contributed by atoms with E-state index >= 15 is 0 Å². The molecule has 0 saturated heterocycles. The molecule has 0 aromatic heterocycles. The third-order valence-electron chi connectivity index (χ3n) is 7.54. The summed E-state index contributed by atoms with van der Waals surface area (Å²) in [4.78, 5) is 0. The van der Waals surface area contributed by atoms with Crippen LogP contribution >= 0.6 is 0 Å². The molecule has 2 aromatic rings. The lowest BCUT2D eigenvalue weighted by Crippen LogP contribution is -2.23. The fourth-order valence-corrected chi connectivity index (χ4v) is 5.58. The maximum absolute atomic E-state index is 5.99. The van der Waals surface area contributed by atoms with Gasteiger partial charge in [0.1, 0.15) is 0 Å². The number of fused-ring (bicyclic) bond motifs is 2. The fraction of sp³-hybridized carbons (Fsp3) is 0.520. The lowest BCUT2D eigenvalue weighted by Gasteiger charge is -2.38. The van der Waals surface area contributed by atoms with Gasteiger partial charge in [-0.15, -0.1) is 0 Å². The Morgan fingerprint density at radius 1 is 0.793 bits per heavy atom. The zero-order chi connectivity index (χ0) is 20.4. The van der Waals surface area contributed by atoms with Crippen molar-refractivity contribution in [3.63, 3.8) is 0 Å². The van der Waals surface area contributed by atoms with Crippen LogP contribution in [0.15, 0.2) is 12.1 Å². The molecule has 3 aliphatic rings. The Morgan fingerprint density at radius 3 is 2.07 bits per heavy atom. The number of benzene rings is 2. The van der Waals surface area contributed by atoms with Gasteiger partial charge in [0.25, 0.3) is 0 Å². The van der Waals surface area contributed by atoms with Gasteiger partial charge in [0.05, 0.1) is 14.2 Å². The van der Waals surface area contributed by atoms with Crippen LogP contribution < -0.4 is 18.9 Å². The third-order valence-corrected chi connectivity index (χ3v) is 7.54. The molecule has 0 saturated carbocycles. The van der Waals surface area contributed by atoms with Crippen LogP contribution in [0.25, 0.3) is 11.1 Å². The molecule has 0 radical (unpaired) electrons. The smallest absolute Gasteiger partial charge is 0.231 e. The van der Waals surface area contributed by atoms with E-state index in [1.54, 1.807) is 14.2 Å². The van der Waals surface area contributed by atoms with Crippen LogP contribution in [0.2, 0.25) is 0 Å². The second kappa shape index (κ2) is 6.58. The van der Waals surface area contributed by atoms with Crippen molar-refractivity contribution in [2.24, 2.45) is 11.8 Å². The van der Waals surface area contributed by atoms with Gasteiger partial charge < -0.3 is 18.9 Å². The average Bonchev–Trinajstić information content (AvgIpc) is 3.17. The van der Waals surface area contributed by atoms with Gasteiger partial charge >= 0.3 is 0 Å². The van der Waals surface area contributed by atoms with Crippen LogP contribution in [0.3, 0.4) is 0 Å². The van der Waals surface area contributed by atoms with Crippen molar-refractivity contribution in [3.8, 4) is 34.1 Å². The Morgan fingerprint density at radius 2 is 1.41 bits per heavy atom. The van der Waals surface area contributed by atoms with E-state index in [1.165, 1.54) is 33.4 Å². The topological polar surface area (TPSA) is 36.9 Å². The third kappa shape index (κ3) is 2.50. The lowest BCUT2D eigenvalue weighted by molar-refractivity contribution is 0.173. The molecule has 1 aliphatic heterocycles. The Balaban J connectivity index is 1.93. The van der Waals surface area contributed by atoms with Gasteiger partial charge in [-0.3, -0.25) is 0 Å². The minimum Gasteiger partial charge on any atom is -0.493 e. The molecular weight excluding hydrogens is 364 g/mol. The molecule has 0 bridgehead atoms. The lowest BCUT2D eigenvalue weighted by atomic mass is 9.66. The van der Waals surface area contributed by atoms with Gasteiger partial charge in [-0.2, -0.15) is 0 Å². The highest BCUT2D eigenvalue weighted by Crippen LogP contribution is 2.60. The van der Waals surface area contributed by atoms with E-state index in [1.807, 2.05) is 0 Å². The molecule has 0 amide bonds. The number of ether oxygens (including phenoxy) is 4. The van der Waals surface area contributed by atoms with Crippen LogP contribution in [-0.2, 0) is 12.8 Å². The van der Waals surface area contributed by atoms with Crippen LogP contribution in [0, 0.1) is 11.8 Å². The Bertz CT molecular complexity index is 993. The van der Waals surface area contributed by atoms with Gasteiger partial charge in [0, 0.05) is 11.1 Å². The summed E-state index contributed by atoms with van der Waals surface area (Å²) in [6.07, 6.45) is 2.09. The fourth-order valence-electron chi connectivity index (χ4n) is 5.58. The second-order valence-electron chi connectivity index (χ2n) is 9.06. The molecule has 0 N–H and O–H groups in total.